The molecule has 21 heavy (non-hydrogen) atoms. The molecule has 1 saturated carbocycles. The van der Waals surface area contributed by atoms with E-state index in [9.17, 15) is 12.8 Å². The molecule has 2 rings (SSSR count). The molecule has 0 amide bonds. The molecular weight excluding hydrogens is 311 g/mol. The SMILES string of the molecule is CSC1CCC(NS(=O)(=O)c2cccc(F)c2C#N)CC1. The molecule has 4 nitrogen and oxygen atoms in total. The summed E-state index contributed by atoms with van der Waals surface area (Å²) >= 11 is 1.80. The van der Waals surface area contributed by atoms with E-state index in [2.05, 4.69) is 11.0 Å². The third kappa shape index (κ3) is 3.76. The van der Waals surface area contributed by atoms with Gasteiger partial charge in [0.05, 0.1) is 0 Å². The number of benzene rings is 1. The van der Waals surface area contributed by atoms with Crippen LogP contribution in [-0.2, 0) is 10.0 Å². The van der Waals surface area contributed by atoms with Crippen molar-refractivity contribution in [1.82, 2.24) is 4.72 Å². The van der Waals surface area contributed by atoms with Crippen molar-refractivity contribution >= 4 is 21.8 Å². The van der Waals surface area contributed by atoms with E-state index < -0.39 is 21.4 Å². The fraction of sp³-hybridized carbons (Fsp3) is 0.500. The van der Waals surface area contributed by atoms with Crippen LogP contribution in [0.1, 0.15) is 31.2 Å². The second kappa shape index (κ2) is 6.77. The Bertz CT molecular complexity index is 647. The number of nitrogens with one attached hydrogen (secondary N) is 1. The highest BCUT2D eigenvalue weighted by atomic mass is 32.2. The number of nitriles is 1. The van der Waals surface area contributed by atoms with Crippen LogP contribution in [-0.4, -0.2) is 26.0 Å². The van der Waals surface area contributed by atoms with Gasteiger partial charge in [-0.3, -0.25) is 0 Å². The number of rotatable bonds is 4. The number of hydrogen-bond donors (Lipinski definition) is 1. The van der Waals surface area contributed by atoms with Gasteiger partial charge in [-0.05, 0) is 44.1 Å². The Kier molecular flexibility index (Phi) is 5.25. The smallest absolute Gasteiger partial charge is 0.208 e. The lowest BCUT2D eigenvalue weighted by molar-refractivity contribution is 0.420. The zero-order chi connectivity index (χ0) is 15.5. The maximum absolute atomic E-state index is 13.5. The lowest BCUT2D eigenvalue weighted by atomic mass is 9.96. The molecule has 1 aliphatic rings. The first-order valence-electron chi connectivity index (χ1n) is 6.71. The number of thioether (sulfide) groups is 1. The van der Waals surface area contributed by atoms with Gasteiger partial charge in [-0.25, -0.2) is 17.5 Å². The lowest BCUT2D eigenvalue weighted by Crippen LogP contribution is -2.38. The van der Waals surface area contributed by atoms with Crippen molar-refractivity contribution in [2.75, 3.05) is 6.26 Å². The predicted octanol–water partition coefficient (Wildman–Crippen LogP) is 2.65. The molecule has 114 valence electrons. The molecule has 1 N–H and O–H groups in total. The zero-order valence-electron chi connectivity index (χ0n) is 11.7. The highest BCUT2D eigenvalue weighted by molar-refractivity contribution is 7.99. The fourth-order valence-electron chi connectivity index (χ4n) is 2.54. The maximum Gasteiger partial charge on any atom is 0.242 e. The minimum atomic E-state index is -3.87. The van der Waals surface area contributed by atoms with Gasteiger partial charge >= 0.3 is 0 Å². The molecule has 7 heteroatoms. The average Bonchev–Trinajstić information content (AvgIpc) is 2.47. The van der Waals surface area contributed by atoms with Gasteiger partial charge in [0.15, 0.2) is 0 Å². The third-order valence-corrected chi connectivity index (χ3v) is 6.41. The Morgan fingerprint density at radius 3 is 2.57 bits per heavy atom. The van der Waals surface area contributed by atoms with Crippen LogP contribution in [0.4, 0.5) is 4.39 Å². The van der Waals surface area contributed by atoms with Crippen molar-refractivity contribution in [3.05, 3.63) is 29.6 Å². The molecule has 0 saturated heterocycles. The quantitative estimate of drug-likeness (QED) is 0.922. The van der Waals surface area contributed by atoms with Crippen LogP contribution >= 0.6 is 11.8 Å². The predicted molar refractivity (Wildman–Crippen MR) is 81.0 cm³/mol. The largest absolute Gasteiger partial charge is 0.242 e. The molecular formula is C14H17FN2O2S2. The van der Waals surface area contributed by atoms with Crippen LogP contribution in [0.25, 0.3) is 0 Å². The van der Waals surface area contributed by atoms with E-state index in [4.69, 9.17) is 5.26 Å². The average molecular weight is 328 g/mol. The third-order valence-electron chi connectivity index (χ3n) is 3.71. The van der Waals surface area contributed by atoms with Gasteiger partial charge < -0.3 is 0 Å². The Morgan fingerprint density at radius 2 is 2.00 bits per heavy atom. The summed E-state index contributed by atoms with van der Waals surface area (Å²) < 4.78 is 40.8. The van der Waals surface area contributed by atoms with E-state index in [0.29, 0.717) is 5.25 Å². The number of nitrogens with zero attached hydrogens (tertiary/aromatic N) is 1. The Hall–Kier alpha value is -1.10. The van der Waals surface area contributed by atoms with E-state index in [1.165, 1.54) is 12.1 Å². The minimum Gasteiger partial charge on any atom is -0.208 e. The fourth-order valence-corrected chi connectivity index (χ4v) is 4.75. The van der Waals surface area contributed by atoms with Gasteiger partial charge in [-0.1, -0.05) is 6.07 Å². The highest BCUT2D eigenvalue weighted by Gasteiger charge is 2.27. The molecule has 1 aromatic carbocycles. The van der Waals surface area contributed by atoms with Gasteiger partial charge in [-0.2, -0.15) is 17.0 Å². The summed E-state index contributed by atoms with van der Waals surface area (Å²) in [4.78, 5) is -0.281. The Morgan fingerprint density at radius 1 is 1.33 bits per heavy atom. The number of halogens is 1. The van der Waals surface area contributed by atoms with E-state index >= 15 is 0 Å². The van der Waals surface area contributed by atoms with Crippen molar-refractivity contribution in [2.24, 2.45) is 0 Å². The van der Waals surface area contributed by atoms with Crippen molar-refractivity contribution in [3.63, 3.8) is 0 Å². The highest BCUT2D eigenvalue weighted by Crippen LogP contribution is 2.28. The second-order valence-electron chi connectivity index (χ2n) is 5.06. The van der Waals surface area contributed by atoms with E-state index in [1.54, 1.807) is 17.8 Å². The Balaban J connectivity index is 2.17. The summed E-state index contributed by atoms with van der Waals surface area (Å²) in [6.07, 6.45) is 5.51. The van der Waals surface area contributed by atoms with Crippen LogP contribution in [0.5, 0.6) is 0 Å². The van der Waals surface area contributed by atoms with Gasteiger partial charge in [0.2, 0.25) is 10.0 Å². The molecule has 0 spiro atoms. The minimum absolute atomic E-state index is 0.145. The summed E-state index contributed by atoms with van der Waals surface area (Å²) in [5.41, 5.74) is -0.428. The monoisotopic (exact) mass is 328 g/mol. The standard InChI is InChI=1S/C14H17FN2O2S2/c1-20-11-7-5-10(6-8-11)17-21(18,19)14-4-2-3-13(15)12(14)9-16/h2-4,10-11,17H,5-8H2,1H3. The van der Waals surface area contributed by atoms with Crippen LogP contribution in [0.3, 0.4) is 0 Å². The molecule has 0 atom stereocenters. The van der Waals surface area contributed by atoms with Gasteiger partial charge in [0.25, 0.3) is 0 Å². The summed E-state index contributed by atoms with van der Waals surface area (Å²) in [6.45, 7) is 0. The van der Waals surface area contributed by atoms with E-state index in [0.717, 1.165) is 31.7 Å². The molecule has 1 fully saturated rings. The van der Waals surface area contributed by atoms with Crippen LogP contribution in [0.2, 0.25) is 0 Å². The first-order valence-corrected chi connectivity index (χ1v) is 9.48. The topological polar surface area (TPSA) is 70.0 Å². The molecule has 0 bridgehead atoms. The van der Waals surface area contributed by atoms with Gasteiger partial charge in [-0.15, -0.1) is 0 Å². The first-order chi connectivity index (χ1) is 9.97. The molecule has 0 aromatic heterocycles. The normalized spacial score (nSPS) is 22.7. The zero-order valence-corrected chi connectivity index (χ0v) is 13.3. The van der Waals surface area contributed by atoms with Crippen molar-refractivity contribution < 1.29 is 12.8 Å². The van der Waals surface area contributed by atoms with Crippen molar-refractivity contribution in [3.8, 4) is 6.07 Å². The molecule has 1 aliphatic carbocycles. The number of sulfonamides is 1. The number of hydrogen-bond acceptors (Lipinski definition) is 4. The van der Waals surface area contributed by atoms with Crippen LogP contribution in [0, 0.1) is 17.1 Å². The van der Waals surface area contributed by atoms with Crippen molar-refractivity contribution in [1.29, 1.82) is 5.26 Å². The molecule has 0 aliphatic heterocycles. The van der Waals surface area contributed by atoms with Crippen LogP contribution in [0.15, 0.2) is 23.1 Å². The molecule has 1 aromatic rings. The Labute approximate surface area is 128 Å². The van der Waals surface area contributed by atoms with Gasteiger partial charge in [0, 0.05) is 11.3 Å². The van der Waals surface area contributed by atoms with E-state index in [-0.39, 0.29) is 10.9 Å². The summed E-state index contributed by atoms with van der Waals surface area (Å²) in [6, 6.07) is 5.13. The second-order valence-corrected chi connectivity index (χ2v) is 7.88. The molecule has 0 unspecified atom stereocenters. The first kappa shape index (κ1) is 16.3. The lowest BCUT2D eigenvalue weighted by Gasteiger charge is -2.27. The van der Waals surface area contributed by atoms with E-state index in [1.807, 2.05) is 0 Å². The van der Waals surface area contributed by atoms with Gasteiger partial charge in [0.1, 0.15) is 22.3 Å². The molecule has 0 heterocycles. The summed E-state index contributed by atoms with van der Waals surface area (Å²) in [5.74, 6) is -0.813. The summed E-state index contributed by atoms with van der Waals surface area (Å²) in [5, 5.41) is 9.53. The van der Waals surface area contributed by atoms with Crippen LogP contribution < -0.4 is 4.72 Å². The maximum atomic E-state index is 13.5. The summed E-state index contributed by atoms with van der Waals surface area (Å²) in [7, 11) is -3.87. The van der Waals surface area contributed by atoms with Crippen molar-refractivity contribution in [2.45, 2.75) is 41.9 Å². The molecule has 0 radical (unpaired) electrons.